The molecule has 0 saturated carbocycles. The highest BCUT2D eigenvalue weighted by atomic mass is 35.5. The third-order valence-electron chi connectivity index (χ3n) is 6.33. The second-order valence-corrected chi connectivity index (χ2v) is 8.29. The van der Waals surface area contributed by atoms with E-state index >= 15 is 0 Å². The van der Waals surface area contributed by atoms with Crippen LogP contribution in [0, 0.1) is 5.41 Å². The zero-order valence-electron chi connectivity index (χ0n) is 15.4. The van der Waals surface area contributed by atoms with Crippen molar-refractivity contribution in [3.05, 3.63) is 41.2 Å². The van der Waals surface area contributed by atoms with Crippen molar-refractivity contribution < 1.29 is 9.59 Å². The lowest BCUT2D eigenvalue weighted by atomic mass is 9.77. The van der Waals surface area contributed by atoms with Gasteiger partial charge in [-0.1, -0.05) is 23.7 Å². The summed E-state index contributed by atoms with van der Waals surface area (Å²) in [6.07, 6.45) is 6.50. The van der Waals surface area contributed by atoms with E-state index in [0.29, 0.717) is 11.4 Å². The number of anilines is 2. The Morgan fingerprint density at radius 3 is 2.68 bits per heavy atom. The topological polar surface area (TPSA) is 74.3 Å². The molecule has 28 heavy (non-hydrogen) atoms. The third kappa shape index (κ3) is 2.75. The summed E-state index contributed by atoms with van der Waals surface area (Å²) in [4.78, 5) is 30.5. The summed E-state index contributed by atoms with van der Waals surface area (Å²) in [7, 11) is 0. The summed E-state index contributed by atoms with van der Waals surface area (Å²) in [6, 6.07) is 6.00. The van der Waals surface area contributed by atoms with Crippen molar-refractivity contribution in [3.8, 4) is 11.1 Å². The predicted octanol–water partition coefficient (Wildman–Crippen LogP) is 3.00. The lowest BCUT2D eigenvalue weighted by Gasteiger charge is -2.39. The summed E-state index contributed by atoms with van der Waals surface area (Å²) in [5.41, 5.74) is 4.53. The van der Waals surface area contributed by atoms with Crippen molar-refractivity contribution in [1.29, 1.82) is 0 Å². The molecule has 6 nitrogen and oxygen atoms in total. The van der Waals surface area contributed by atoms with Crippen LogP contribution in [0.4, 0.5) is 11.4 Å². The molecule has 5 rings (SSSR count). The fourth-order valence-corrected chi connectivity index (χ4v) is 4.97. The fraction of sp³-hybridized carbons (Fsp3) is 0.381. The zero-order valence-corrected chi connectivity index (χ0v) is 16.2. The zero-order chi connectivity index (χ0) is 19.3. The van der Waals surface area contributed by atoms with Gasteiger partial charge in [-0.3, -0.25) is 14.6 Å². The Morgan fingerprint density at radius 1 is 1.11 bits per heavy atom. The number of piperidine rings is 1. The highest BCUT2D eigenvalue weighted by Crippen LogP contribution is 2.43. The molecular weight excluding hydrogens is 376 g/mol. The Hall–Kier alpha value is -2.60. The van der Waals surface area contributed by atoms with E-state index in [0.717, 1.165) is 67.0 Å². The van der Waals surface area contributed by atoms with E-state index in [4.69, 9.17) is 11.6 Å². The minimum Gasteiger partial charge on any atom is -0.370 e. The highest BCUT2D eigenvalue weighted by molar-refractivity contribution is 6.33. The molecule has 3 aliphatic heterocycles. The van der Waals surface area contributed by atoms with Crippen LogP contribution >= 0.6 is 11.6 Å². The second-order valence-electron chi connectivity index (χ2n) is 7.89. The Kier molecular flexibility index (Phi) is 4.05. The van der Waals surface area contributed by atoms with Crippen LogP contribution in [0.15, 0.2) is 30.6 Å². The van der Waals surface area contributed by atoms with Gasteiger partial charge in [-0.2, -0.15) is 0 Å². The molecular formula is C21H21ClN4O2. The monoisotopic (exact) mass is 396 g/mol. The Labute approximate surface area is 168 Å². The highest BCUT2D eigenvalue weighted by Gasteiger charge is 2.44. The number of nitrogens with one attached hydrogen (secondary N) is 2. The summed E-state index contributed by atoms with van der Waals surface area (Å²) >= 11 is 6.58. The summed E-state index contributed by atoms with van der Waals surface area (Å²) in [6.45, 7) is 2.35. The van der Waals surface area contributed by atoms with Crippen LogP contribution in [-0.4, -0.2) is 36.4 Å². The van der Waals surface area contributed by atoms with E-state index in [9.17, 15) is 9.59 Å². The molecule has 0 unspecified atom stereocenters. The Morgan fingerprint density at radius 2 is 1.93 bits per heavy atom. The first-order valence-electron chi connectivity index (χ1n) is 9.66. The molecule has 2 N–H and O–H groups in total. The van der Waals surface area contributed by atoms with Crippen LogP contribution in [0.2, 0.25) is 5.02 Å². The molecule has 1 aromatic carbocycles. The number of aromatic nitrogens is 1. The number of carbonyl (C=O) groups is 2. The van der Waals surface area contributed by atoms with Crippen LogP contribution in [0.1, 0.15) is 24.8 Å². The van der Waals surface area contributed by atoms with Gasteiger partial charge in [0.05, 0.1) is 22.5 Å². The number of rotatable bonds is 2. The lowest BCUT2D eigenvalue weighted by molar-refractivity contribution is -0.128. The molecule has 0 aliphatic carbocycles. The molecule has 0 bridgehead atoms. The van der Waals surface area contributed by atoms with Gasteiger partial charge in [0.15, 0.2) is 0 Å². The average molecular weight is 397 g/mol. The van der Waals surface area contributed by atoms with Gasteiger partial charge in [0.25, 0.3) is 0 Å². The molecule has 1 spiro atoms. The molecule has 4 heterocycles. The van der Waals surface area contributed by atoms with Gasteiger partial charge in [0.2, 0.25) is 11.8 Å². The quantitative estimate of drug-likeness (QED) is 0.818. The molecule has 2 aromatic rings. The van der Waals surface area contributed by atoms with Gasteiger partial charge in [-0.15, -0.1) is 0 Å². The second kappa shape index (κ2) is 6.48. The van der Waals surface area contributed by atoms with Crippen LogP contribution < -0.4 is 15.5 Å². The van der Waals surface area contributed by atoms with E-state index in [-0.39, 0.29) is 17.2 Å². The van der Waals surface area contributed by atoms with Crippen molar-refractivity contribution in [2.75, 3.05) is 29.9 Å². The molecule has 0 radical (unpaired) electrons. The molecule has 0 atom stereocenters. The molecule has 1 aromatic heterocycles. The Balaban J connectivity index is 1.48. The first-order valence-corrected chi connectivity index (χ1v) is 10.0. The maximum atomic E-state index is 12.3. The first kappa shape index (κ1) is 17.5. The lowest BCUT2D eigenvalue weighted by Crippen LogP contribution is -2.44. The maximum Gasteiger partial charge on any atom is 0.228 e. The number of carbonyl (C=O) groups excluding carboxylic acids is 2. The Bertz CT molecular complexity index is 982. The van der Waals surface area contributed by atoms with Crippen molar-refractivity contribution >= 4 is 34.8 Å². The molecule has 2 amide bonds. The predicted molar refractivity (Wildman–Crippen MR) is 109 cm³/mol. The van der Waals surface area contributed by atoms with E-state index in [2.05, 4.69) is 20.5 Å². The summed E-state index contributed by atoms with van der Waals surface area (Å²) in [5, 5.41) is 6.50. The number of amides is 2. The number of hydrogen-bond acceptors (Lipinski definition) is 4. The average Bonchev–Trinajstić information content (AvgIpc) is 3.24. The van der Waals surface area contributed by atoms with Crippen molar-refractivity contribution in [2.45, 2.75) is 25.7 Å². The minimum absolute atomic E-state index is 0.0211. The van der Waals surface area contributed by atoms with Crippen LogP contribution in [0.25, 0.3) is 11.1 Å². The summed E-state index contributed by atoms with van der Waals surface area (Å²) in [5.74, 6) is 0.218. The largest absolute Gasteiger partial charge is 0.370 e. The number of benzene rings is 1. The number of fused-ring (bicyclic) bond motifs is 1. The number of hydrogen-bond donors (Lipinski definition) is 2. The van der Waals surface area contributed by atoms with Gasteiger partial charge in [-0.25, -0.2) is 0 Å². The van der Waals surface area contributed by atoms with Gasteiger partial charge >= 0.3 is 0 Å². The van der Waals surface area contributed by atoms with Gasteiger partial charge < -0.3 is 15.5 Å². The normalized spacial score (nSPS) is 20.2. The van der Waals surface area contributed by atoms with Crippen LogP contribution in [-0.2, 0) is 16.0 Å². The van der Waals surface area contributed by atoms with Gasteiger partial charge in [-0.05, 0) is 36.5 Å². The van der Waals surface area contributed by atoms with E-state index in [1.807, 2.05) is 24.4 Å². The van der Waals surface area contributed by atoms with Crippen LogP contribution in [0.3, 0.4) is 0 Å². The number of halogens is 1. The molecule has 7 heteroatoms. The smallest absolute Gasteiger partial charge is 0.228 e. The molecule has 144 valence electrons. The van der Waals surface area contributed by atoms with Crippen molar-refractivity contribution in [2.24, 2.45) is 5.41 Å². The molecule has 2 saturated heterocycles. The fourth-order valence-electron chi connectivity index (χ4n) is 4.69. The van der Waals surface area contributed by atoms with Crippen LogP contribution in [0.5, 0.6) is 0 Å². The molecule has 2 fully saturated rings. The third-order valence-corrected chi connectivity index (χ3v) is 6.60. The van der Waals surface area contributed by atoms with Crippen molar-refractivity contribution in [1.82, 2.24) is 10.3 Å². The number of nitrogens with zero attached hydrogens (tertiary/aromatic N) is 2. The standard InChI is InChI=1S/C21H21ClN4O2/c22-16-12-23-11-15(13-1-2-14-10-18(27)25-17(14)9-13)19(16)26-7-4-21(5-8-26)3-6-24-20(21)28/h1-2,9,11-12H,3-8,10H2,(H,24,28)(H,25,27). The van der Waals surface area contributed by atoms with E-state index < -0.39 is 0 Å². The van der Waals surface area contributed by atoms with Crippen molar-refractivity contribution in [3.63, 3.8) is 0 Å². The SMILES string of the molecule is O=C1Cc2ccc(-c3cncc(Cl)c3N3CCC4(CCNC4=O)CC3)cc2N1. The van der Waals surface area contributed by atoms with Gasteiger partial charge in [0, 0.05) is 43.3 Å². The van der Waals surface area contributed by atoms with Gasteiger partial charge in [0.1, 0.15) is 0 Å². The minimum atomic E-state index is -0.214. The van der Waals surface area contributed by atoms with E-state index in [1.54, 1.807) is 6.20 Å². The molecule has 3 aliphatic rings. The van der Waals surface area contributed by atoms with E-state index in [1.165, 1.54) is 0 Å². The maximum absolute atomic E-state index is 12.3. The first-order chi connectivity index (χ1) is 13.6. The summed E-state index contributed by atoms with van der Waals surface area (Å²) < 4.78 is 0. The number of pyridine rings is 1.